The molecule has 0 atom stereocenters. The summed E-state index contributed by atoms with van der Waals surface area (Å²) >= 11 is 11.9. The van der Waals surface area contributed by atoms with E-state index < -0.39 is 24.0 Å². The predicted molar refractivity (Wildman–Crippen MR) is 101 cm³/mol. The van der Waals surface area contributed by atoms with Gasteiger partial charge in [-0.15, -0.1) is 5.10 Å². The summed E-state index contributed by atoms with van der Waals surface area (Å²) in [6, 6.07) is 5.32. The van der Waals surface area contributed by atoms with E-state index in [2.05, 4.69) is 10.3 Å². The molecule has 3 rings (SSSR count). The smallest absolute Gasteiger partial charge is 0.398 e. The van der Waals surface area contributed by atoms with E-state index >= 15 is 0 Å². The van der Waals surface area contributed by atoms with E-state index in [9.17, 15) is 4.39 Å². The third kappa shape index (κ3) is 3.96. The molecule has 138 valence electrons. The van der Waals surface area contributed by atoms with Gasteiger partial charge in [-0.1, -0.05) is 34.5 Å². The molecule has 0 aliphatic carbocycles. The average molecular weight is 398 g/mol. The van der Waals surface area contributed by atoms with Crippen LogP contribution < -0.4 is 0 Å². The second-order valence-corrected chi connectivity index (χ2v) is 8.02. The number of hydrogen-bond acceptors (Lipinski definition) is 4. The maximum absolute atomic E-state index is 14.5. The second-order valence-electron chi connectivity index (χ2n) is 7.21. The molecule has 1 fully saturated rings. The van der Waals surface area contributed by atoms with E-state index in [-0.39, 0.29) is 0 Å². The zero-order chi connectivity index (χ0) is 19.1. The maximum Gasteiger partial charge on any atom is 0.525 e. The van der Waals surface area contributed by atoms with Crippen molar-refractivity contribution in [3.63, 3.8) is 0 Å². The summed E-state index contributed by atoms with van der Waals surface area (Å²) in [7, 11) is -1.06. The monoisotopic (exact) mass is 397 g/mol. The summed E-state index contributed by atoms with van der Waals surface area (Å²) in [4.78, 5) is 0. The van der Waals surface area contributed by atoms with Gasteiger partial charge in [-0.05, 0) is 51.5 Å². The van der Waals surface area contributed by atoms with Gasteiger partial charge in [0, 0.05) is 0 Å². The molecule has 1 aromatic carbocycles. The van der Waals surface area contributed by atoms with Crippen LogP contribution in [0.3, 0.4) is 0 Å². The van der Waals surface area contributed by atoms with E-state index in [0.29, 0.717) is 22.3 Å². The Hall–Kier alpha value is -1.41. The molecule has 1 aromatic heterocycles. The van der Waals surface area contributed by atoms with Crippen LogP contribution in [0.2, 0.25) is 10.0 Å². The van der Waals surface area contributed by atoms with Crippen LogP contribution in [0.5, 0.6) is 0 Å². The van der Waals surface area contributed by atoms with Crippen molar-refractivity contribution in [3.8, 4) is 0 Å². The minimum atomic E-state index is -1.06. The van der Waals surface area contributed by atoms with Crippen molar-refractivity contribution >= 4 is 36.4 Å². The van der Waals surface area contributed by atoms with Crippen LogP contribution in [-0.4, -0.2) is 33.3 Å². The summed E-state index contributed by atoms with van der Waals surface area (Å²) in [5.74, 6) is 0. The molecule has 0 unspecified atom stereocenters. The molecule has 1 saturated heterocycles. The number of benzene rings is 1. The van der Waals surface area contributed by atoms with Crippen LogP contribution in [0.1, 0.15) is 39.0 Å². The lowest BCUT2D eigenvalue weighted by Gasteiger charge is -2.32. The first kappa shape index (κ1) is 19.4. The Morgan fingerprint density at radius 3 is 2.46 bits per heavy atom. The highest BCUT2D eigenvalue weighted by molar-refractivity contribution is 6.54. The molecule has 2 aromatic rings. The van der Waals surface area contributed by atoms with E-state index in [1.165, 1.54) is 6.08 Å². The van der Waals surface area contributed by atoms with Crippen LogP contribution >= 0.6 is 23.2 Å². The highest BCUT2D eigenvalue weighted by Crippen LogP contribution is 2.39. The Morgan fingerprint density at radius 2 is 1.85 bits per heavy atom. The van der Waals surface area contributed by atoms with Crippen molar-refractivity contribution in [3.05, 3.63) is 51.4 Å². The highest BCUT2D eigenvalue weighted by atomic mass is 35.5. The van der Waals surface area contributed by atoms with Crippen LogP contribution in [-0.2, 0) is 15.9 Å². The molecule has 1 aliphatic rings. The molecule has 5 nitrogen and oxygen atoms in total. The van der Waals surface area contributed by atoms with Crippen molar-refractivity contribution in [2.24, 2.45) is 0 Å². The van der Waals surface area contributed by atoms with Crippen molar-refractivity contribution in [1.29, 1.82) is 0 Å². The lowest BCUT2D eigenvalue weighted by atomic mass is 9.87. The van der Waals surface area contributed by atoms with E-state index in [4.69, 9.17) is 32.5 Å². The van der Waals surface area contributed by atoms with Crippen molar-refractivity contribution in [1.82, 2.24) is 15.0 Å². The standard InChI is InChI=1S/C17H19BCl2FN3O2/c1-16(2)17(3,4)26-18(25-16)15(21)8-12-10-24(23-22-12)9-11-5-6-13(19)14(20)7-11/h5-8,10H,9H2,1-4H3. The normalized spacial score (nSPS) is 19.2. The van der Waals surface area contributed by atoms with Gasteiger partial charge < -0.3 is 9.31 Å². The van der Waals surface area contributed by atoms with Gasteiger partial charge in [0.2, 0.25) is 0 Å². The molecular weight excluding hydrogens is 379 g/mol. The van der Waals surface area contributed by atoms with Crippen LogP contribution in [0, 0.1) is 0 Å². The molecule has 2 heterocycles. The largest absolute Gasteiger partial charge is 0.525 e. The third-order valence-corrected chi connectivity index (χ3v) is 5.39. The Balaban J connectivity index is 1.71. The van der Waals surface area contributed by atoms with Gasteiger partial charge in [0.25, 0.3) is 0 Å². The van der Waals surface area contributed by atoms with E-state index in [1.54, 1.807) is 23.0 Å². The molecule has 0 saturated carbocycles. The summed E-state index contributed by atoms with van der Waals surface area (Å²) in [6.07, 6.45) is 2.90. The van der Waals surface area contributed by atoms with Gasteiger partial charge in [-0.25, -0.2) is 9.07 Å². The van der Waals surface area contributed by atoms with Gasteiger partial charge in [0.1, 0.15) is 11.4 Å². The predicted octanol–water partition coefficient (Wildman–Crippen LogP) is 4.58. The molecule has 9 heteroatoms. The summed E-state index contributed by atoms with van der Waals surface area (Å²) < 4.78 is 27.5. The van der Waals surface area contributed by atoms with Gasteiger partial charge in [-0.3, -0.25) is 0 Å². The number of aromatic nitrogens is 3. The molecular formula is C17H19BCl2FN3O2. The van der Waals surface area contributed by atoms with Gasteiger partial charge in [0.05, 0.1) is 34.0 Å². The van der Waals surface area contributed by atoms with Crippen molar-refractivity contribution < 1.29 is 13.7 Å². The van der Waals surface area contributed by atoms with Gasteiger partial charge in [0.15, 0.2) is 0 Å². The van der Waals surface area contributed by atoms with Crippen LogP contribution in [0.4, 0.5) is 4.39 Å². The molecule has 0 N–H and O–H groups in total. The molecule has 0 bridgehead atoms. The fourth-order valence-electron chi connectivity index (χ4n) is 2.45. The minimum absolute atomic E-state index is 0.372. The molecule has 1 aliphatic heterocycles. The van der Waals surface area contributed by atoms with Crippen molar-refractivity contribution in [2.75, 3.05) is 0 Å². The van der Waals surface area contributed by atoms with Gasteiger partial charge >= 0.3 is 7.12 Å². The molecule has 0 spiro atoms. The minimum Gasteiger partial charge on any atom is -0.398 e. The van der Waals surface area contributed by atoms with Crippen LogP contribution in [0.25, 0.3) is 6.08 Å². The van der Waals surface area contributed by atoms with E-state index in [1.807, 2.05) is 33.8 Å². The Bertz CT molecular complexity index is 838. The fourth-order valence-corrected chi connectivity index (χ4v) is 2.77. The number of halogens is 3. The summed E-state index contributed by atoms with van der Waals surface area (Å²) in [5, 5.41) is 8.92. The average Bonchev–Trinajstić information content (AvgIpc) is 3.05. The topological polar surface area (TPSA) is 49.2 Å². The zero-order valence-corrected chi connectivity index (χ0v) is 16.5. The Kier molecular flexibility index (Phi) is 5.18. The van der Waals surface area contributed by atoms with Crippen molar-refractivity contribution in [2.45, 2.75) is 45.4 Å². The molecule has 0 radical (unpaired) electrons. The summed E-state index contributed by atoms with van der Waals surface area (Å²) in [5.41, 5.74) is -0.475. The van der Waals surface area contributed by atoms with Gasteiger partial charge in [-0.2, -0.15) is 0 Å². The molecule has 0 amide bonds. The quantitative estimate of drug-likeness (QED) is 0.708. The Morgan fingerprint density at radius 1 is 1.19 bits per heavy atom. The third-order valence-electron chi connectivity index (χ3n) is 4.65. The van der Waals surface area contributed by atoms with Crippen LogP contribution in [0.15, 0.2) is 30.1 Å². The summed E-state index contributed by atoms with van der Waals surface area (Å²) in [6.45, 7) is 7.92. The SMILES string of the molecule is CC1(C)OB(C(F)=Cc2cn(Cc3ccc(Cl)c(Cl)c3)nn2)OC1(C)C. The lowest BCUT2D eigenvalue weighted by molar-refractivity contribution is 0.00578. The second kappa shape index (κ2) is 6.96. The Labute approximate surface area is 162 Å². The highest BCUT2D eigenvalue weighted by Gasteiger charge is 2.53. The number of nitrogens with zero attached hydrogens (tertiary/aromatic N) is 3. The first-order valence-electron chi connectivity index (χ1n) is 8.14. The number of rotatable bonds is 4. The zero-order valence-electron chi connectivity index (χ0n) is 15.0. The fraction of sp³-hybridized carbons (Fsp3) is 0.412. The first-order valence-corrected chi connectivity index (χ1v) is 8.90. The van der Waals surface area contributed by atoms with E-state index in [0.717, 1.165) is 5.56 Å². The maximum atomic E-state index is 14.5. The number of hydrogen-bond donors (Lipinski definition) is 0. The lowest BCUT2D eigenvalue weighted by Crippen LogP contribution is -2.41. The molecule has 26 heavy (non-hydrogen) atoms. The first-order chi connectivity index (χ1) is 12.1.